The first-order chi connectivity index (χ1) is 13.1. The van der Waals surface area contributed by atoms with Crippen LogP contribution in [0.1, 0.15) is 23.3 Å². The van der Waals surface area contributed by atoms with Gasteiger partial charge in [0, 0.05) is 61.6 Å². The minimum Gasteiger partial charge on any atom is -0.361 e. The number of hydrogen-bond donors (Lipinski definition) is 1. The van der Waals surface area contributed by atoms with Gasteiger partial charge in [-0.1, -0.05) is 0 Å². The molecule has 3 atom stereocenters. The van der Waals surface area contributed by atoms with Gasteiger partial charge in [0.05, 0.1) is 5.00 Å². The molecule has 2 aromatic heterocycles. The zero-order valence-corrected chi connectivity index (χ0v) is 16.7. The van der Waals surface area contributed by atoms with Crippen molar-refractivity contribution in [3.8, 4) is 0 Å². The molecule has 0 spiro atoms. The molecule has 0 saturated carbocycles. The van der Waals surface area contributed by atoms with Crippen LogP contribution in [0.5, 0.6) is 0 Å². The maximum Gasteiger partial charge on any atom is 0.270 e. The molecule has 2 aromatic rings. The fraction of sp³-hybridized carbons (Fsp3) is 0.600. The Bertz CT molecular complexity index is 832. The Morgan fingerprint density at radius 2 is 2.04 bits per heavy atom. The second-order valence-electron chi connectivity index (χ2n) is 8.30. The van der Waals surface area contributed by atoms with E-state index < -0.39 is 0 Å². The first-order valence-corrected chi connectivity index (χ1v) is 10.8. The highest BCUT2D eigenvalue weighted by Gasteiger charge is 2.33. The number of carbonyl (C=O) groups excluding carboxylic acids is 1. The zero-order valence-electron chi connectivity index (χ0n) is 15.9. The molecule has 3 aliphatic heterocycles. The van der Waals surface area contributed by atoms with Gasteiger partial charge in [-0.15, -0.1) is 11.3 Å². The normalized spacial score (nSPS) is 28.6. The number of piperidine rings is 1. The maximum absolute atomic E-state index is 12.7. The number of hydrogen-bond acceptors (Lipinski definition) is 6. The summed E-state index contributed by atoms with van der Waals surface area (Å²) in [6.07, 6.45) is 4.24. The number of piperazine rings is 1. The number of amides is 1. The molecular weight excluding hydrogens is 358 g/mol. The second-order valence-corrected chi connectivity index (χ2v) is 9.36. The lowest BCUT2D eigenvalue weighted by molar-refractivity contribution is 0.0904. The first-order valence-electron chi connectivity index (χ1n) is 10.0. The van der Waals surface area contributed by atoms with E-state index in [9.17, 15) is 4.79 Å². The molecule has 5 rings (SSSR count). The predicted molar refractivity (Wildman–Crippen MR) is 110 cm³/mol. The minimum atomic E-state index is -0.0288. The van der Waals surface area contributed by atoms with Gasteiger partial charge in [0.1, 0.15) is 5.69 Å². The van der Waals surface area contributed by atoms with E-state index in [0.29, 0.717) is 5.69 Å². The topological polar surface area (TPSA) is 51.7 Å². The third kappa shape index (κ3) is 3.56. The fourth-order valence-electron chi connectivity index (χ4n) is 4.65. The van der Waals surface area contributed by atoms with Gasteiger partial charge < -0.3 is 20.0 Å². The highest BCUT2D eigenvalue weighted by molar-refractivity contribution is 7.22. The van der Waals surface area contributed by atoms with Crippen molar-refractivity contribution in [3.63, 3.8) is 0 Å². The third-order valence-electron chi connectivity index (χ3n) is 6.24. The molecule has 3 fully saturated rings. The lowest BCUT2D eigenvalue weighted by Gasteiger charge is -2.32. The average Bonchev–Trinajstić information content (AvgIpc) is 3.24. The summed E-state index contributed by atoms with van der Waals surface area (Å²) >= 11 is 1.77. The van der Waals surface area contributed by atoms with Crippen molar-refractivity contribution >= 4 is 32.3 Å². The molecule has 1 N–H and O–H groups in total. The van der Waals surface area contributed by atoms with Crippen LogP contribution in [0.2, 0.25) is 0 Å². The number of aromatic nitrogens is 1. The van der Waals surface area contributed by atoms with Crippen molar-refractivity contribution in [2.75, 3.05) is 57.8 Å². The number of rotatable bonds is 3. The number of fused-ring (bicyclic) bond motifs is 3. The summed E-state index contributed by atoms with van der Waals surface area (Å²) in [5.41, 5.74) is 0.544. The van der Waals surface area contributed by atoms with E-state index in [4.69, 9.17) is 0 Å². The SMILES string of the molecule is CN1CCN(c2cc3cnc(C(=O)N[C@@H]4C[C@@H]5CCN(C5)C4)cc3s2)CC1. The molecule has 7 heteroatoms. The maximum atomic E-state index is 12.7. The molecule has 0 aliphatic carbocycles. The first kappa shape index (κ1) is 17.4. The van der Waals surface area contributed by atoms with E-state index in [2.05, 4.69) is 38.1 Å². The van der Waals surface area contributed by atoms with Crippen molar-refractivity contribution in [1.29, 1.82) is 0 Å². The summed E-state index contributed by atoms with van der Waals surface area (Å²) in [6, 6.07) is 4.44. The lowest BCUT2D eigenvalue weighted by atomic mass is 9.97. The van der Waals surface area contributed by atoms with Crippen LogP contribution in [0.4, 0.5) is 5.00 Å². The molecule has 0 aromatic carbocycles. The van der Waals surface area contributed by atoms with Gasteiger partial charge in [-0.05, 0) is 44.5 Å². The van der Waals surface area contributed by atoms with E-state index in [0.717, 1.165) is 55.1 Å². The van der Waals surface area contributed by atoms with E-state index in [1.165, 1.54) is 24.5 Å². The highest BCUT2D eigenvalue weighted by Crippen LogP contribution is 2.33. The van der Waals surface area contributed by atoms with Crippen LogP contribution in [0, 0.1) is 5.92 Å². The van der Waals surface area contributed by atoms with Gasteiger partial charge in [-0.25, -0.2) is 0 Å². The number of anilines is 1. The van der Waals surface area contributed by atoms with Gasteiger partial charge in [0.25, 0.3) is 5.91 Å². The Morgan fingerprint density at radius 1 is 1.19 bits per heavy atom. The third-order valence-corrected chi connectivity index (χ3v) is 7.40. The summed E-state index contributed by atoms with van der Waals surface area (Å²) in [7, 11) is 2.17. The summed E-state index contributed by atoms with van der Waals surface area (Å²) in [5, 5.41) is 5.64. The Kier molecular flexibility index (Phi) is 4.53. The zero-order chi connectivity index (χ0) is 18.4. The minimum absolute atomic E-state index is 0.0288. The van der Waals surface area contributed by atoms with Crippen LogP contribution in [0.15, 0.2) is 18.3 Å². The second kappa shape index (κ2) is 7.04. The number of nitrogens with one attached hydrogen (secondary N) is 1. The number of pyridine rings is 1. The molecule has 144 valence electrons. The number of likely N-dealkylation sites (N-methyl/N-ethyl adjacent to an activating group) is 1. The lowest BCUT2D eigenvalue weighted by Crippen LogP contribution is -2.47. The molecule has 3 aliphatic rings. The van der Waals surface area contributed by atoms with Crippen molar-refractivity contribution < 1.29 is 4.79 Å². The van der Waals surface area contributed by atoms with Gasteiger partial charge in [-0.3, -0.25) is 9.78 Å². The van der Waals surface area contributed by atoms with E-state index in [-0.39, 0.29) is 11.9 Å². The van der Waals surface area contributed by atoms with Crippen LogP contribution in [-0.4, -0.2) is 79.6 Å². The van der Waals surface area contributed by atoms with Crippen molar-refractivity contribution in [3.05, 3.63) is 24.0 Å². The molecule has 27 heavy (non-hydrogen) atoms. The molecule has 5 heterocycles. The molecular formula is C20H27N5OS. The van der Waals surface area contributed by atoms with Gasteiger partial charge in [0.15, 0.2) is 0 Å². The largest absolute Gasteiger partial charge is 0.361 e. The number of thiophene rings is 1. The van der Waals surface area contributed by atoms with E-state index in [1.54, 1.807) is 11.3 Å². The van der Waals surface area contributed by atoms with E-state index >= 15 is 0 Å². The van der Waals surface area contributed by atoms with Gasteiger partial charge in [0.2, 0.25) is 0 Å². The Balaban J connectivity index is 1.29. The standard InChI is InChI=1S/C20H27N5OS/c1-23-4-6-25(7-5-23)19-9-15-11-21-17(10-18(15)27-19)20(26)22-16-8-14-2-3-24(12-14)13-16/h9-11,14,16H,2-8,12-13H2,1H3,(H,22,26)/t14-,16+/m0/s1. The van der Waals surface area contributed by atoms with Crippen LogP contribution >= 0.6 is 11.3 Å². The number of carbonyl (C=O) groups is 1. The van der Waals surface area contributed by atoms with Gasteiger partial charge >= 0.3 is 0 Å². The Morgan fingerprint density at radius 3 is 2.85 bits per heavy atom. The molecule has 2 bridgehead atoms. The molecule has 6 nitrogen and oxygen atoms in total. The molecule has 1 unspecified atom stereocenters. The van der Waals surface area contributed by atoms with Crippen LogP contribution < -0.4 is 10.2 Å². The van der Waals surface area contributed by atoms with Crippen LogP contribution in [0.25, 0.3) is 10.1 Å². The average molecular weight is 386 g/mol. The highest BCUT2D eigenvalue weighted by atomic mass is 32.1. The summed E-state index contributed by atoms with van der Waals surface area (Å²) < 4.78 is 1.15. The van der Waals surface area contributed by atoms with Crippen molar-refractivity contribution in [1.82, 2.24) is 20.1 Å². The summed E-state index contributed by atoms with van der Waals surface area (Å²) in [6.45, 7) is 7.69. The Hall–Kier alpha value is -1.70. The quantitative estimate of drug-likeness (QED) is 0.874. The Labute approximate surface area is 164 Å². The van der Waals surface area contributed by atoms with Crippen molar-refractivity contribution in [2.24, 2.45) is 5.92 Å². The smallest absolute Gasteiger partial charge is 0.270 e. The molecule has 1 amide bonds. The molecule has 0 radical (unpaired) electrons. The van der Waals surface area contributed by atoms with Gasteiger partial charge in [-0.2, -0.15) is 0 Å². The van der Waals surface area contributed by atoms with Crippen LogP contribution in [0.3, 0.4) is 0 Å². The monoisotopic (exact) mass is 385 g/mol. The number of nitrogens with zero attached hydrogens (tertiary/aromatic N) is 4. The van der Waals surface area contributed by atoms with E-state index in [1.807, 2.05) is 12.3 Å². The molecule has 3 saturated heterocycles. The summed E-state index contributed by atoms with van der Waals surface area (Å²) in [4.78, 5) is 24.5. The van der Waals surface area contributed by atoms with Crippen LogP contribution in [-0.2, 0) is 0 Å². The predicted octanol–water partition coefficient (Wildman–Crippen LogP) is 1.87. The van der Waals surface area contributed by atoms with Crippen molar-refractivity contribution in [2.45, 2.75) is 18.9 Å². The summed E-state index contributed by atoms with van der Waals surface area (Å²) in [5.74, 6) is 0.724. The fourth-order valence-corrected chi connectivity index (χ4v) is 5.77.